The Labute approximate surface area is 301 Å². The van der Waals surface area contributed by atoms with Gasteiger partial charge >= 0.3 is 11.6 Å². The van der Waals surface area contributed by atoms with E-state index in [1.54, 1.807) is 26.0 Å². The molecule has 2 aromatic rings. The number of nitrogens with one attached hydrogen (secondary N) is 2. The van der Waals surface area contributed by atoms with Gasteiger partial charge in [0.15, 0.2) is 5.60 Å². The van der Waals surface area contributed by atoms with Crippen LogP contribution in [-0.4, -0.2) is 72.4 Å². The van der Waals surface area contributed by atoms with Gasteiger partial charge in [-0.25, -0.2) is 9.59 Å². The van der Waals surface area contributed by atoms with Gasteiger partial charge in [-0.15, -0.1) is 0 Å². The molecule has 3 aliphatic rings. The number of allylic oxidation sites excluding steroid dienone is 2. The van der Waals surface area contributed by atoms with E-state index in [9.17, 15) is 19.5 Å². The molecular weight excluding hydrogens is 648 g/mol. The molecule has 1 fully saturated rings. The van der Waals surface area contributed by atoms with Crippen LogP contribution in [0.15, 0.2) is 62.1 Å². The van der Waals surface area contributed by atoms with Gasteiger partial charge in [-0.2, -0.15) is 0 Å². The lowest BCUT2D eigenvalue weighted by atomic mass is 9.75. The highest BCUT2D eigenvalue weighted by Crippen LogP contribution is 2.48. The summed E-state index contributed by atoms with van der Waals surface area (Å²) in [6.07, 6.45) is 7.42. The molecule has 0 bridgehead atoms. The molecule has 278 valence electrons. The van der Waals surface area contributed by atoms with Crippen LogP contribution >= 0.6 is 0 Å². The summed E-state index contributed by atoms with van der Waals surface area (Å²) in [7, 11) is 1.96. The lowest BCUT2D eigenvalue weighted by Gasteiger charge is -2.49. The number of esters is 1. The van der Waals surface area contributed by atoms with Gasteiger partial charge < -0.3 is 40.3 Å². The zero-order valence-electron chi connectivity index (χ0n) is 31.3. The standard InChI is InChI=1S/C40H56N4O7/c1-8-25(4)37(47)51-39(5,6)40(20-29-15-27-14-26(10-9-13-45)38(48)49-33(27)18-34(29)50-40)19-28-16-35(41)43-22-30(28)17-36(46)44-23-31(21-42-7)32(44)12-11-24(2)3/h8,14-16,18,24,31-32,42-43,45H,9-13,17,19-23,41H2,1-7H3/b25-8+/t31-,32+,40-/m0/s1. The normalized spacial score (nSPS) is 22.0. The molecule has 5 N–H and O–H groups in total. The maximum absolute atomic E-state index is 14.0. The molecule has 0 aliphatic carbocycles. The number of aliphatic hydroxyl groups excluding tert-OH is 1. The fourth-order valence-corrected chi connectivity index (χ4v) is 7.52. The first-order valence-electron chi connectivity index (χ1n) is 18.3. The molecule has 0 spiro atoms. The van der Waals surface area contributed by atoms with Crippen LogP contribution in [0, 0.1) is 11.8 Å². The number of aryl methyl sites for hydroxylation is 1. The topological polar surface area (TPSA) is 156 Å². The number of nitrogens with two attached hydrogens (primary N) is 1. The number of carbonyl (C=O) groups excluding carboxylic acids is 2. The van der Waals surface area contributed by atoms with E-state index >= 15 is 0 Å². The summed E-state index contributed by atoms with van der Waals surface area (Å²) in [5, 5.41) is 16.6. The number of hydrogen-bond donors (Lipinski definition) is 4. The number of benzene rings is 1. The molecule has 1 aromatic carbocycles. The number of likely N-dealkylation sites (tertiary alicyclic amines) is 1. The Bertz CT molecular complexity index is 1790. The zero-order chi connectivity index (χ0) is 37.1. The first-order chi connectivity index (χ1) is 24.2. The molecule has 0 saturated carbocycles. The number of nitrogens with zero attached hydrogens (tertiary/aromatic N) is 1. The van der Waals surface area contributed by atoms with Crippen LogP contribution in [0.4, 0.5) is 0 Å². The Kier molecular flexibility index (Phi) is 11.7. The number of dihydropyridines is 1. The van der Waals surface area contributed by atoms with Crippen LogP contribution in [-0.2, 0) is 27.2 Å². The molecule has 4 heterocycles. The van der Waals surface area contributed by atoms with E-state index in [2.05, 4.69) is 24.5 Å². The number of rotatable bonds is 15. The third-order valence-corrected chi connectivity index (χ3v) is 10.9. The van der Waals surface area contributed by atoms with Crippen molar-refractivity contribution in [2.24, 2.45) is 17.6 Å². The van der Waals surface area contributed by atoms with E-state index < -0.39 is 22.8 Å². The van der Waals surface area contributed by atoms with Gasteiger partial charge in [0, 0.05) is 73.6 Å². The molecule has 1 saturated heterocycles. The quantitative estimate of drug-likeness (QED) is 0.117. The number of ether oxygens (including phenoxy) is 2. The third-order valence-electron chi connectivity index (χ3n) is 10.9. The summed E-state index contributed by atoms with van der Waals surface area (Å²) >= 11 is 0. The van der Waals surface area contributed by atoms with Crippen molar-refractivity contribution < 1.29 is 28.6 Å². The highest BCUT2D eigenvalue weighted by Gasteiger charge is 2.55. The van der Waals surface area contributed by atoms with Gasteiger partial charge in [0.2, 0.25) is 5.91 Å². The van der Waals surface area contributed by atoms with Gasteiger partial charge in [-0.3, -0.25) is 4.79 Å². The monoisotopic (exact) mass is 704 g/mol. The Morgan fingerprint density at radius 1 is 1.27 bits per heavy atom. The van der Waals surface area contributed by atoms with E-state index in [0.29, 0.717) is 72.4 Å². The van der Waals surface area contributed by atoms with Gasteiger partial charge in [0.25, 0.3) is 0 Å². The molecule has 3 atom stereocenters. The predicted molar refractivity (Wildman–Crippen MR) is 198 cm³/mol. The zero-order valence-corrected chi connectivity index (χ0v) is 31.3. The minimum absolute atomic E-state index is 0.0238. The highest BCUT2D eigenvalue weighted by molar-refractivity contribution is 5.88. The second-order valence-corrected chi connectivity index (χ2v) is 15.4. The van der Waals surface area contributed by atoms with E-state index in [4.69, 9.17) is 19.6 Å². The number of amides is 1. The van der Waals surface area contributed by atoms with Crippen molar-refractivity contribution in [3.05, 3.63) is 74.4 Å². The van der Waals surface area contributed by atoms with E-state index in [0.717, 1.165) is 48.0 Å². The molecule has 3 aliphatic heterocycles. The van der Waals surface area contributed by atoms with E-state index in [1.165, 1.54) is 0 Å². The van der Waals surface area contributed by atoms with Crippen molar-refractivity contribution in [1.29, 1.82) is 0 Å². The maximum Gasteiger partial charge on any atom is 0.339 e. The summed E-state index contributed by atoms with van der Waals surface area (Å²) in [5.41, 5.74) is 7.70. The van der Waals surface area contributed by atoms with Crippen LogP contribution in [0.25, 0.3) is 11.0 Å². The smallest absolute Gasteiger partial charge is 0.339 e. The molecule has 11 nitrogen and oxygen atoms in total. The number of hydrogen-bond acceptors (Lipinski definition) is 10. The van der Waals surface area contributed by atoms with Gasteiger partial charge in [0.1, 0.15) is 16.9 Å². The molecule has 0 radical (unpaired) electrons. The first-order valence-corrected chi connectivity index (χ1v) is 18.3. The molecule has 0 unspecified atom stereocenters. The van der Waals surface area contributed by atoms with E-state index in [1.807, 2.05) is 44.0 Å². The predicted octanol–water partition coefficient (Wildman–Crippen LogP) is 4.64. The molecular formula is C40H56N4O7. The van der Waals surface area contributed by atoms with Gasteiger partial charge in [-0.05, 0) is 101 Å². The van der Waals surface area contributed by atoms with Crippen LogP contribution < -0.4 is 26.7 Å². The Morgan fingerprint density at radius 2 is 2.04 bits per heavy atom. The minimum atomic E-state index is -1.15. The van der Waals surface area contributed by atoms with E-state index in [-0.39, 0.29) is 25.0 Å². The number of carbonyl (C=O) groups is 2. The van der Waals surface area contributed by atoms with Crippen molar-refractivity contribution >= 4 is 22.8 Å². The van der Waals surface area contributed by atoms with Crippen LogP contribution in [0.2, 0.25) is 0 Å². The van der Waals surface area contributed by atoms with Crippen LogP contribution in [0.5, 0.6) is 5.75 Å². The van der Waals surface area contributed by atoms with Crippen molar-refractivity contribution in [3.8, 4) is 5.75 Å². The molecule has 1 amide bonds. The van der Waals surface area contributed by atoms with Crippen molar-refractivity contribution in [3.63, 3.8) is 0 Å². The molecule has 1 aromatic heterocycles. The first kappa shape index (κ1) is 38.1. The fraction of sp³-hybridized carbons (Fsp3) is 0.575. The van der Waals surface area contributed by atoms with Gasteiger partial charge in [0.05, 0.1) is 12.2 Å². The summed E-state index contributed by atoms with van der Waals surface area (Å²) < 4.78 is 18.8. The lowest BCUT2D eigenvalue weighted by molar-refractivity contribution is -0.174. The summed E-state index contributed by atoms with van der Waals surface area (Å²) in [4.78, 5) is 42.0. The molecule has 11 heteroatoms. The van der Waals surface area contributed by atoms with Crippen molar-refractivity contribution in [2.45, 2.75) is 104 Å². The van der Waals surface area contributed by atoms with Crippen LogP contribution in [0.3, 0.4) is 0 Å². The average molecular weight is 705 g/mol. The largest absolute Gasteiger partial charge is 0.482 e. The Balaban J connectivity index is 1.51. The molecule has 5 rings (SSSR count). The van der Waals surface area contributed by atoms with Gasteiger partial charge in [-0.1, -0.05) is 19.9 Å². The van der Waals surface area contributed by atoms with Crippen molar-refractivity contribution in [1.82, 2.24) is 15.5 Å². The second-order valence-electron chi connectivity index (χ2n) is 15.4. The lowest BCUT2D eigenvalue weighted by Crippen LogP contribution is -2.61. The average Bonchev–Trinajstić information content (AvgIpc) is 3.43. The second kappa shape index (κ2) is 15.7. The summed E-state index contributed by atoms with van der Waals surface area (Å²) in [5.74, 6) is 1.66. The number of fused-ring (bicyclic) bond motifs is 2. The Morgan fingerprint density at radius 3 is 2.73 bits per heavy atom. The highest BCUT2D eigenvalue weighted by atomic mass is 16.6. The van der Waals surface area contributed by atoms with Crippen molar-refractivity contribution in [2.75, 3.05) is 33.3 Å². The third kappa shape index (κ3) is 8.20. The summed E-state index contributed by atoms with van der Waals surface area (Å²) in [6.45, 7) is 13.6. The number of aliphatic hydroxyl groups is 1. The SMILES string of the molecule is C/C=C(\C)C(=O)OC(C)(C)[C@]1(CC2=C(CC(=O)N3C[C@H](CNC)[C@H]3CCC(C)C)CNC(N)=C2)Cc2cc3cc(CCCO)c(=O)oc3cc2O1. The minimum Gasteiger partial charge on any atom is -0.482 e. The Hall–Kier alpha value is -4.09. The fourth-order valence-electron chi connectivity index (χ4n) is 7.52. The van der Waals surface area contributed by atoms with Crippen LogP contribution in [0.1, 0.15) is 84.8 Å². The maximum atomic E-state index is 14.0. The molecule has 51 heavy (non-hydrogen) atoms. The summed E-state index contributed by atoms with van der Waals surface area (Å²) in [6, 6.07) is 5.71.